The van der Waals surface area contributed by atoms with Crippen LogP contribution in [-0.4, -0.2) is 44.6 Å². The second-order valence-corrected chi connectivity index (χ2v) is 8.57. The fraction of sp³-hybridized carbons (Fsp3) is 0.280. The maximum atomic E-state index is 13.7. The van der Waals surface area contributed by atoms with Crippen molar-refractivity contribution in [2.24, 2.45) is 0 Å². The number of likely N-dealkylation sites (N-methyl/N-ethyl adjacent to an activating group) is 1. The molecule has 0 radical (unpaired) electrons. The fourth-order valence-corrected chi connectivity index (χ4v) is 5.07. The Morgan fingerprint density at radius 2 is 1.79 bits per heavy atom. The molecule has 7 nitrogen and oxygen atoms in total. The van der Waals surface area contributed by atoms with Crippen LogP contribution in [0.4, 0.5) is 5.69 Å². The summed E-state index contributed by atoms with van der Waals surface area (Å²) >= 11 is 1.52. The molecule has 1 aromatic heterocycles. The lowest BCUT2D eigenvalue weighted by Gasteiger charge is -2.39. The quantitative estimate of drug-likeness (QED) is 0.546. The minimum absolute atomic E-state index is 0.172. The smallest absolute Gasteiger partial charge is 0.254 e. The van der Waals surface area contributed by atoms with Gasteiger partial charge in [0, 0.05) is 23.2 Å². The highest BCUT2D eigenvalue weighted by Gasteiger charge is 2.44. The monoisotopic (exact) mass is 466 g/mol. The zero-order valence-electron chi connectivity index (χ0n) is 19.0. The first-order valence-electron chi connectivity index (χ1n) is 10.6. The van der Waals surface area contributed by atoms with E-state index in [2.05, 4.69) is 5.32 Å². The molecular weight excluding hydrogens is 440 g/mol. The number of rotatable bonds is 7. The Labute approximate surface area is 196 Å². The number of methoxy groups -OCH3 is 2. The summed E-state index contributed by atoms with van der Waals surface area (Å²) in [6, 6.07) is 14.0. The maximum absolute atomic E-state index is 13.7. The van der Waals surface area contributed by atoms with Crippen molar-refractivity contribution in [2.45, 2.75) is 18.9 Å². The standard InChI is InChI=1S/C25H26N2O5S/c1-5-32-16-10-8-15(9-11-16)26-24(28)22-17-13-19(30-3)20(31-4)14-18(17)25(29)27(2)23(22)21-7-6-12-33-21/h6-14,22-23H,5H2,1-4H3,(H,26,28)/t22-,23-/m0/s1. The van der Waals surface area contributed by atoms with Gasteiger partial charge in [-0.3, -0.25) is 9.59 Å². The Bertz CT molecular complexity index is 1140. The first-order chi connectivity index (χ1) is 16.0. The van der Waals surface area contributed by atoms with E-state index < -0.39 is 12.0 Å². The topological polar surface area (TPSA) is 77.1 Å². The zero-order valence-corrected chi connectivity index (χ0v) is 19.8. The SMILES string of the molecule is CCOc1ccc(NC(=O)[C@H]2c3cc(OC)c(OC)cc3C(=O)N(C)[C@H]2c2cccs2)cc1. The number of nitrogens with one attached hydrogen (secondary N) is 1. The summed E-state index contributed by atoms with van der Waals surface area (Å²) < 4.78 is 16.4. The Kier molecular flexibility index (Phi) is 6.55. The molecule has 2 amide bonds. The van der Waals surface area contributed by atoms with E-state index in [0.717, 1.165) is 10.6 Å². The number of anilines is 1. The van der Waals surface area contributed by atoms with Gasteiger partial charge >= 0.3 is 0 Å². The van der Waals surface area contributed by atoms with Gasteiger partial charge in [-0.2, -0.15) is 0 Å². The summed E-state index contributed by atoms with van der Waals surface area (Å²) in [4.78, 5) is 29.6. The molecule has 8 heteroatoms. The van der Waals surface area contributed by atoms with Crippen molar-refractivity contribution < 1.29 is 23.8 Å². The van der Waals surface area contributed by atoms with Gasteiger partial charge in [0.2, 0.25) is 5.91 Å². The number of benzene rings is 2. The predicted molar refractivity (Wildman–Crippen MR) is 128 cm³/mol. The molecule has 1 N–H and O–H groups in total. The number of thiophene rings is 1. The molecule has 2 atom stereocenters. The number of fused-ring (bicyclic) bond motifs is 1. The Balaban J connectivity index is 1.78. The summed E-state index contributed by atoms with van der Waals surface area (Å²) in [5.41, 5.74) is 1.68. The molecule has 0 bridgehead atoms. The van der Waals surface area contributed by atoms with Gasteiger partial charge in [-0.1, -0.05) is 6.07 Å². The minimum Gasteiger partial charge on any atom is -0.494 e. The molecule has 1 aliphatic rings. The van der Waals surface area contributed by atoms with Crippen molar-refractivity contribution >= 4 is 28.8 Å². The molecule has 0 unspecified atom stereocenters. The molecular formula is C25H26N2O5S. The van der Waals surface area contributed by atoms with Crippen LogP contribution < -0.4 is 19.5 Å². The van der Waals surface area contributed by atoms with Crippen molar-refractivity contribution in [3.05, 3.63) is 69.9 Å². The van der Waals surface area contributed by atoms with Gasteiger partial charge in [-0.15, -0.1) is 11.3 Å². The van der Waals surface area contributed by atoms with E-state index in [4.69, 9.17) is 14.2 Å². The summed E-state index contributed by atoms with van der Waals surface area (Å²) in [6.07, 6.45) is 0. The van der Waals surface area contributed by atoms with Crippen molar-refractivity contribution in [1.29, 1.82) is 0 Å². The highest BCUT2D eigenvalue weighted by atomic mass is 32.1. The van der Waals surface area contributed by atoms with Crippen LogP contribution in [0.25, 0.3) is 0 Å². The van der Waals surface area contributed by atoms with Crippen molar-refractivity contribution in [2.75, 3.05) is 33.2 Å². The zero-order chi connectivity index (χ0) is 23.5. The number of nitrogens with zero attached hydrogens (tertiary/aromatic N) is 1. The van der Waals surface area contributed by atoms with Crippen LogP contribution in [0.3, 0.4) is 0 Å². The van der Waals surface area contributed by atoms with Gasteiger partial charge in [0.15, 0.2) is 11.5 Å². The summed E-state index contributed by atoms with van der Waals surface area (Å²) in [6.45, 7) is 2.49. The van der Waals surface area contributed by atoms with Crippen LogP contribution in [0.1, 0.15) is 39.7 Å². The maximum Gasteiger partial charge on any atom is 0.254 e. The highest BCUT2D eigenvalue weighted by Crippen LogP contribution is 2.46. The molecule has 1 aliphatic heterocycles. The first-order valence-corrected chi connectivity index (χ1v) is 11.5. The van der Waals surface area contributed by atoms with Gasteiger partial charge in [-0.25, -0.2) is 0 Å². The summed E-state index contributed by atoms with van der Waals surface area (Å²) in [5, 5.41) is 4.96. The second kappa shape index (κ2) is 9.54. The van der Waals surface area contributed by atoms with E-state index in [1.807, 2.05) is 36.6 Å². The van der Waals surface area contributed by atoms with Crippen LogP contribution in [0, 0.1) is 0 Å². The number of amides is 2. The molecule has 4 rings (SSSR count). The van der Waals surface area contributed by atoms with Gasteiger partial charge in [0.1, 0.15) is 5.75 Å². The Hall–Kier alpha value is -3.52. The van der Waals surface area contributed by atoms with Crippen molar-refractivity contribution in [3.8, 4) is 17.2 Å². The van der Waals surface area contributed by atoms with Crippen LogP contribution in [0.2, 0.25) is 0 Å². The fourth-order valence-electron chi connectivity index (χ4n) is 4.17. The molecule has 2 heterocycles. The van der Waals surface area contributed by atoms with Gasteiger partial charge in [0.25, 0.3) is 5.91 Å². The third-order valence-electron chi connectivity index (χ3n) is 5.72. The van der Waals surface area contributed by atoms with E-state index in [-0.39, 0.29) is 11.8 Å². The Morgan fingerprint density at radius 1 is 1.09 bits per heavy atom. The molecule has 2 aromatic carbocycles. The van der Waals surface area contributed by atoms with Crippen LogP contribution in [-0.2, 0) is 4.79 Å². The van der Waals surface area contributed by atoms with E-state index in [0.29, 0.717) is 34.9 Å². The average molecular weight is 467 g/mol. The minimum atomic E-state index is -0.646. The van der Waals surface area contributed by atoms with E-state index >= 15 is 0 Å². The number of carbonyl (C=O) groups excluding carboxylic acids is 2. The number of ether oxygens (including phenoxy) is 3. The van der Waals surface area contributed by atoms with Gasteiger partial charge < -0.3 is 24.4 Å². The molecule has 172 valence electrons. The third-order valence-corrected chi connectivity index (χ3v) is 6.67. The second-order valence-electron chi connectivity index (χ2n) is 7.60. The van der Waals surface area contributed by atoms with Gasteiger partial charge in [-0.05, 0) is 60.3 Å². The van der Waals surface area contributed by atoms with E-state index in [9.17, 15) is 9.59 Å². The summed E-state index contributed by atoms with van der Waals surface area (Å²) in [5.74, 6) is 0.611. The number of hydrogen-bond donors (Lipinski definition) is 1. The van der Waals surface area contributed by atoms with Crippen LogP contribution in [0.15, 0.2) is 53.9 Å². The highest BCUT2D eigenvalue weighted by molar-refractivity contribution is 7.10. The lowest BCUT2D eigenvalue weighted by Crippen LogP contribution is -2.43. The normalized spacial score (nSPS) is 17.3. The average Bonchev–Trinajstić information content (AvgIpc) is 3.36. The third kappa shape index (κ3) is 4.26. The molecule has 0 saturated heterocycles. The summed E-state index contributed by atoms with van der Waals surface area (Å²) in [7, 11) is 4.78. The molecule has 33 heavy (non-hydrogen) atoms. The van der Waals surface area contributed by atoms with Gasteiger partial charge in [0.05, 0.1) is 32.8 Å². The predicted octanol–water partition coefficient (Wildman–Crippen LogP) is 4.71. The Morgan fingerprint density at radius 3 is 2.39 bits per heavy atom. The molecule has 0 fully saturated rings. The molecule has 0 saturated carbocycles. The molecule has 0 spiro atoms. The first kappa shape index (κ1) is 22.7. The van der Waals surface area contributed by atoms with Crippen molar-refractivity contribution in [3.63, 3.8) is 0 Å². The molecule has 3 aromatic rings. The lowest BCUT2D eigenvalue weighted by molar-refractivity contribution is -0.119. The number of hydrogen-bond acceptors (Lipinski definition) is 6. The van der Waals surface area contributed by atoms with E-state index in [1.54, 1.807) is 36.2 Å². The largest absolute Gasteiger partial charge is 0.494 e. The number of carbonyl (C=O) groups is 2. The molecule has 0 aliphatic carbocycles. The van der Waals surface area contributed by atoms with Crippen LogP contribution >= 0.6 is 11.3 Å². The van der Waals surface area contributed by atoms with Crippen molar-refractivity contribution in [1.82, 2.24) is 4.90 Å². The van der Waals surface area contributed by atoms with Crippen LogP contribution in [0.5, 0.6) is 17.2 Å². The lowest BCUT2D eigenvalue weighted by atomic mass is 9.81. The van der Waals surface area contributed by atoms with E-state index in [1.165, 1.54) is 25.6 Å².